The maximum absolute atomic E-state index is 14.8. The zero-order valence-corrected chi connectivity index (χ0v) is 41.2. The van der Waals surface area contributed by atoms with Gasteiger partial charge in [0.2, 0.25) is 12.7 Å². The van der Waals surface area contributed by atoms with E-state index >= 15 is 0 Å². The van der Waals surface area contributed by atoms with Gasteiger partial charge in [-0.3, -0.25) is 19.4 Å². The van der Waals surface area contributed by atoms with E-state index in [9.17, 15) is 24.8 Å². The summed E-state index contributed by atoms with van der Waals surface area (Å²) in [7, 11) is 5.12. The first kappa shape index (κ1) is 48.4. The van der Waals surface area contributed by atoms with Gasteiger partial charge >= 0.3 is 6.09 Å². The summed E-state index contributed by atoms with van der Waals surface area (Å²) in [6, 6.07) is 16.9. The summed E-state index contributed by atoms with van der Waals surface area (Å²) < 4.78 is 41.0. The van der Waals surface area contributed by atoms with Crippen LogP contribution in [0, 0.1) is 18.3 Å². The molecule has 9 rings (SSSR count). The second-order valence-corrected chi connectivity index (χ2v) is 20.6. The molecule has 0 radical (unpaired) electrons. The Morgan fingerprint density at radius 2 is 1.71 bits per heavy atom. The molecule has 4 heterocycles. The van der Waals surface area contributed by atoms with Gasteiger partial charge < -0.3 is 48.9 Å². The normalized spacial score (nSPS) is 25.2. The summed E-state index contributed by atoms with van der Waals surface area (Å²) in [6.45, 7) is 9.05. The molecule has 0 aromatic heterocycles. The number of piperazine rings is 1. The van der Waals surface area contributed by atoms with Gasteiger partial charge in [0.05, 0.1) is 38.5 Å². The highest BCUT2D eigenvalue weighted by atomic mass is 32.2. The average molecular weight is 964 g/mol. The molecule has 6 aliphatic rings. The lowest BCUT2D eigenvalue weighted by molar-refractivity contribution is -0.148. The van der Waals surface area contributed by atoms with Crippen LogP contribution in [0.25, 0.3) is 11.1 Å². The summed E-state index contributed by atoms with van der Waals surface area (Å²) >= 11 is 1.54. The van der Waals surface area contributed by atoms with Crippen LogP contribution in [-0.4, -0.2) is 140 Å². The summed E-state index contributed by atoms with van der Waals surface area (Å²) in [5, 5.41) is 30.3. The SMILES string of the molecule is COCCOCOc1c(OC)c(C)cc2c1[C@H]1C3CC4(O)C(=O)C(C)=C5OCOC5=C4[C@H](CNC(=O)[C@H](CSCC4c5ccccc5-c5ccccc54)NC(=O)OC(C)(C)C)N3[C@@H](C#N)[C@@H](C2)N1C. The number of benzene rings is 3. The molecule has 4 aliphatic heterocycles. The standard InChI is InChI=1S/C52H61N5O11S/c1-28-19-30-20-37-39(22-53)57-38(43(56(37)6)41(30)46(44(28)63-8)65-26-64-18-17-62-7)21-52(61)42(47-45(66-27-67-47)29(2)48(52)58)40(57)23-54-49(59)36(55-50(60)68-51(3,4)5)25-69-24-35-33-15-11-9-13-31(33)32-14-10-12-16-34(32)35/h9-16,19,35-40,43,61H,17-18,20-21,23-27H2,1-8H3,(H,54,59)(H,55,60)/t36-,37+,38?,39-,40-,43+,52?/m0/s1. The van der Waals surface area contributed by atoms with Crippen LogP contribution in [0.15, 0.2) is 77.3 Å². The highest BCUT2D eigenvalue weighted by Crippen LogP contribution is 2.57. The highest BCUT2D eigenvalue weighted by Gasteiger charge is 2.64. The molecule has 2 unspecified atom stereocenters. The van der Waals surface area contributed by atoms with Gasteiger partial charge in [0.25, 0.3) is 0 Å². The second-order valence-electron chi connectivity index (χ2n) is 19.5. The van der Waals surface area contributed by atoms with E-state index in [1.165, 1.54) is 22.3 Å². The molecule has 366 valence electrons. The van der Waals surface area contributed by atoms with Crippen LogP contribution in [0.1, 0.15) is 73.9 Å². The molecule has 3 aromatic carbocycles. The number of fused-ring (bicyclic) bond motifs is 11. The van der Waals surface area contributed by atoms with Gasteiger partial charge in [0.1, 0.15) is 17.7 Å². The van der Waals surface area contributed by atoms with E-state index in [1.807, 2.05) is 43.1 Å². The number of amides is 2. The molecule has 7 atom stereocenters. The Morgan fingerprint density at radius 1 is 1.01 bits per heavy atom. The number of methoxy groups -OCH3 is 2. The predicted molar refractivity (Wildman–Crippen MR) is 256 cm³/mol. The molecule has 0 spiro atoms. The predicted octanol–water partition coefficient (Wildman–Crippen LogP) is 5.65. The minimum atomic E-state index is -2.12. The lowest BCUT2D eigenvalue weighted by Gasteiger charge is -2.62. The van der Waals surface area contributed by atoms with Gasteiger partial charge in [-0.1, -0.05) is 54.6 Å². The molecule has 3 N–H and O–H groups in total. The van der Waals surface area contributed by atoms with E-state index < -0.39 is 59.2 Å². The number of ketones is 1. The minimum Gasteiger partial charge on any atom is -0.493 e. The second kappa shape index (κ2) is 19.3. The number of carbonyl (C=O) groups excluding carboxylic acids is 3. The Balaban J connectivity index is 1.07. The summed E-state index contributed by atoms with van der Waals surface area (Å²) in [6.07, 6.45) is -0.405. The van der Waals surface area contributed by atoms with Crippen LogP contribution in [-0.2, 0) is 39.7 Å². The molecule has 2 amide bonds. The van der Waals surface area contributed by atoms with E-state index in [4.69, 9.17) is 33.2 Å². The van der Waals surface area contributed by atoms with E-state index in [0.717, 1.165) is 16.7 Å². The van der Waals surface area contributed by atoms with Crippen LogP contribution in [0.3, 0.4) is 0 Å². The molecule has 17 heteroatoms. The maximum Gasteiger partial charge on any atom is 0.408 e. The van der Waals surface area contributed by atoms with Crippen molar-refractivity contribution in [3.05, 3.63) is 105 Å². The summed E-state index contributed by atoms with van der Waals surface area (Å²) in [5.74, 6) is 1.29. The number of rotatable bonds is 15. The number of thioether (sulfide) groups is 1. The monoisotopic (exact) mass is 963 g/mol. The van der Waals surface area contributed by atoms with Crippen molar-refractivity contribution in [3.63, 3.8) is 0 Å². The smallest absolute Gasteiger partial charge is 0.408 e. The topological polar surface area (TPSA) is 190 Å². The van der Waals surface area contributed by atoms with Crippen LogP contribution >= 0.6 is 11.8 Å². The fraction of sp³-hybridized carbons (Fsp3) is 0.500. The molecular weight excluding hydrogens is 903 g/mol. The van der Waals surface area contributed by atoms with Crippen LogP contribution in [0.4, 0.5) is 4.79 Å². The Labute approximate surface area is 407 Å². The molecule has 2 aliphatic carbocycles. The largest absolute Gasteiger partial charge is 0.493 e. The number of hydrogen-bond acceptors (Lipinski definition) is 15. The van der Waals surface area contributed by atoms with Crippen molar-refractivity contribution in [3.8, 4) is 28.7 Å². The van der Waals surface area contributed by atoms with Gasteiger partial charge in [-0.05, 0) is 81.5 Å². The fourth-order valence-electron chi connectivity index (χ4n) is 11.4. The lowest BCUT2D eigenvalue weighted by Crippen LogP contribution is -2.75. The molecule has 0 saturated carbocycles. The number of nitriles is 1. The number of nitrogens with one attached hydrogen (secondary N) is 2. The Bertz CT molecular complexity index is 2600. The van der Waals surface area contributed by atoms with Gasteiger partial charge in [-0.25, -0.2) is 4.79 Å². The third kappa shape index (κ3) is 8.63. The van der Waals surface area contributed by atoms with Crippen LogP contribution in [0.2, 0.25) is 0 Å². The van der Waals surface area contributed by atoms with Gasteiger partial charge in [-0.2, -0.15) is 17.0 Å². The molecule has 69 heavy (non-hydrogen) atoms. The molecular formula is C52H61N5O11S. The molecule has 3 saturated heterocycles. The number of hydrogen-bond donors (Lipinski definition) is 3. The number of alkyl carbamates (subject to hydrolysis) is 1. The number of aliphatic hydroxyl groups is 1. The van der Waals surface area contributed by atoms with E-state index in [2.05, 4.69) is 51.9 Å². The van der Waals surface area contributed by atoms with Crippen molar-refractivity contribution < 1.29 is 52.6 Å². The Morgan fingerprint density at radius 3 is 2.38 bits per heavy atom. The quantitative estimate of drug-likeness (QED) is 0.125. The van der Waals surface area contributed by atoms with E-state index in [1.54, 1.807) is 53.7 Å². The first-order chi connectivity index (χ1) is 33.1. The Kier molecular flexibility index (Phi) is 13.5. The van der Waals surface area contributed by atoms with Crippen LogP contribution in [0.5, 0.6) is 11.5 Å². The fourth-order valence-corrected chi connectivity index (χ4v) is 12.7. The van der Waals surface area contributed by atoms with Crippen molar-refractivity contribution >= 4 is 29.5 Å². The van der Waals surface area contributed by atoms with Crippen molar-refractivity contribution in [2.45, 2.75) is 101 Å². The van der Waals surface area contributed by atoms with E-state index in [0.29, 0.717) is 36.9 Å². The first-order valence-corrected chi connectivity index (χ1v) is 24.6. The zero-order chi connectivity index (χ0) is 48.9. The maximum atomic E-state index is 14.8. The van der Waals surface area contributed by atoms with Crippen LogP contribution < -0.4 is 20.1 Å². The number of aryl methyl sites for hydroxylation is 1. The van der Waals surface area contributed by atoms with Crippen molar-refractivity contribution in [1.82, 2.24) is 20.4 Å². The summed E-state index contributed by atoms with van der Waals surface area (Å²) in [5.41, 5.74) is 4.86. The third-order valence-electron chi connectivity index (χ3n) is 14.3. The Hall–Kier alpha value is -5.61. The lowest BCUT2D eigenvalue weighted by atomic mass is 9.64. The van der Waals surface area contributed by atoms with Gasteiger partial charge in [0.15, 0.2) is 41.2 Å². The number of likely N-dealkylation sites (N-methyl/N-ethyl adjacent to an activating group) is 1. The van der Waals surface area contributed by atoms with E-state index in [-0.39, 0.29) is 66.9 Å². The average Bonchev–Trinajstić information content (AvgIpc) is 3.92. The number of piperidine rings is 1. The number of Topliss-reactive ketones (excluding diaryl/α,β-unsaturated/α-hetero) is 1. The summed E-state index contributed by atoms with van der Waals surface area (Å²) in [4.78, 5) is 47.1. The third-order valence-corrected chi connectivity index (χ3v) is 15.4. The van der Waals surface area contributed by atoms with Crippen molar-refractivity contribution in [2.24, 2.45) is 0 Å². The zero-order valence-electron chi connectivity index (χ0n) is 40.4. The van der Waals surface area contributed by atoms with Gasteiger partial charge in [-0.15, -0.1) is 0 Å². The minimum absolute atomic E-state index is 0.0730. The highest BCUT2D eigenvalue weighted by molar-refractivity contribution is 7.99. The number of nitrogens with zero attached hydrogens (tertiary/aromatic N) is 3. The molecule has 3 fully saturated rings. The van der Waals surface area contributed by atoms with Crippen molar-refractivity contribution in [1.29, 1.82) is 5.26 Å². The first-order valence-electron chi connectivity index (χ1n) is 23.4. The molecule has 16 nitrogen and oxygen atoms in total. The molecule has 2 bridgehead atoms. The number of ether oxygens (including phenoxy) is 7. The van der Waals surface area contributed by atoms with Gasteiger partial charge in [0, 0.05) is 66.3 Å². The molecule has 3 aromatic rings. The van der Waals surface area contributed by atoms with Crippen molar-refractivity contribution in [2.75, 3.05) is 66.1 Å². The number of carbonyl (C=O) groups is 3.